The van der Waals surface area contributed by atoms with Gasteiger partial charge in [0.05, 0.1) is 13.2 Å². The second-order valence-corrected chi connectivity index (χ2v) is 8.23. The van der Waals surface area contributed by atoms with E-state index < -0.39 is 0 Å². The fraction of sp³-hybridized carbons (Fsp3) is 0.417. The van der Waals surface area contributed by atoms with Gasteiger partial charge in [-0.2, -0.15) is 0 Å². The van der Waals surface area contributed by atoms with E-state index in [0.29, 0.717) is 13.0 Å². The van der Waals surface area contributed by atoms with E-state index in [1.54, 1.807) is 7.11 Å². The summed E-state index contributed by atoms with van der Waals surface area (Å²) in [5.74, 6) is 0.948. The van der Waals surface area contributed by atoms with Crippen LogP contribution in [0.3, 0.4) is 0 Å². The quantitative estimate of drug-likeness (QED) is 0.607. The summed E-state index contributed by atoms with van der Waals surface area (Å²) in [5, 5.41) is 9.56. The lowest BCUT2D eigenvalue weighted by molar-refractivity contribution is -0.129. The summed E-state index contributed by atoms with van der Waals surface area (Å²) in [6.45, 7) is 2.17. The van der Waals surface area contributed by atoms with Gasteiger partial charge in [0.25, 0.3) is 0 Å². The number of hydrogen-bond acceptors (Lipinski definition) is 5. The Morgan fingerprint density at radius 1 is 1.16 bits per heavy atom. The second kappa shape index (κ2) is 9.94. The average Bonchev–Trinajstić information content (AvgIpc) is 3.24. The molecule has 2 saturated heterocycles. The summed E-state index contributed by atoms with van der Waals surface area (Å²) in [7, 11) is 1.66. The van der Waals surface area contributed by atoms with Crippen LogP contribution in [-0.2, 0) is 16.1 Å². The number of fused-ring (bicyclic) bond motifs is 1. The van der Waals surface area contributed by atoms with Crippen LogP contribution in [0.5, 0.6) is 5.75 Å². The van der Waals surface area contributed by atoms with Crippen molar-refractivity contribution in [2.75, 3.05) is 25.5 Å². The summed E-state index contributed by atoms with van der Waals surface area (Å²) in [4.78, 5) is 27.0. The van der Waals surface area contributed by atoms with Gasteiger partial charge in [0.15, 0.2) is 0 Å². The molecule has 0 bridgehead atoms. The molecule has 0 aliphatic carbocycles. The Hall–Kier alpha value is -2.90. The van der Waals surface area contributed by atoms with E-state index in [2.05, 4.69) is 33.0 Å². The molecule has 0 spiro atoms. The fourth-order valence-electron chi connectivity index (χ4n) is 4.44. The number of anilines is 1. The van der Waals surface area contributed by atoms with E-state index in [9.17, 15) is 9.59 Å². The zero-order valence-corrected chi connectivity index (χ0v) is 17.8. The van der Waals surface area contributed by atoms with Gasteiger partial charge >= 0.3 is 0 Å². The standard InChI is InChI=1S/C24H30N4O3/c1-31-21-10-7-17(8-11-21)14-25-19-13-22-24(30)26-15-20(28(22)16-19)9-12-23(29)27-18-5-3-2-4-6-18/h2-8,10-11,19-20,22,25H,9,12-16H2,1H3,(H,26,30)(H,27,29)/t19-,20-,22-/m1/s1. The van der Waals surface area contributed by atoms with Crippen molar-refractivity contribution in [3.05, 3.63) is 60.2 Å². The lowest BCUT2D eigenvalue weighted by atomic mass is 10.0. The summed E-state index contributed by atoms with van der Waals surface area (Å²) >= 11 is 0. The number of rotatable bonds is 8. The number of hydrogen-bond donors (Lipinski definition) is 3. The predicted octanol–water partition coefficient (Wildman–Crippen LogP) is 2.14. The van der Waals surface area contributed by atoms with Crippen molar-refractivity contribution in [1.29, 1.82) is 0 Å². The Labute approximate surface area is 183 Å². The molecule has 2 heterocycles. The molecule has 31 heavy (non-hydrogen) atoms. The third-order valence-electron chi connectivity index (χ3n) is 6.14. The van der Waals surface area contributed by atoms with E-state index in [0.717, 1.165) is 37.4 Å². The van der Waals surface area contributed by atoms with Gasteiger partial charge < -0.3 is 20.7 Å². The second-order valence-electron chi connectivity index (χ2n) is 8.23. The van der Waals surface area contributed by atoms with Crippen LogP contribution < -0.4 is 20.7 Å². The summed E-state index contributed by atoms with van der Waals surface area (Å²) in [6.07, 6.45) is 1.94. The van der Waals surface area contributed by atoms with Crippen molar-refractivity contribution < 1.29 is 14.3 Å². The molecule has 2 aliphatic rings. The van der Waals surface area contributed by atoms with Crippen LogP contribution in [0.1, 0.15) is 24.8 Å². The Balaban J connectivity index is 1.28. The maximum atomic E-state index is 12.4. The minimum Gasteiger partial charge on any atom is -0.497 e. The summed E-state index contributed by atoms with van der Waals surface area (Å²) in [6, 6.07) is 17.8. The molecular weight excluding hydrogens is 392 g/mol. The van der Waals surface area contributed by atoms with Crippen LogP contribution in [0.2, 0.25) is 0 Å². The number of benzene rings is 2. The maximum Gasteiger partial charge on any atom is 0.237 e. The lowest BCUT2D eigenvalue weighted by Gasteiger charge is -2.37. The van der Waals surface area contributed by atoms with Gasteiger partial charge in [0, 0.05) is 43.8 Å². The van der Waals surface area contributed by atoms with Gasteiger partial charge in [-0.1, -0.05) is 30.3 Å². The van der Waals surface area contributed by atoms with E-state index in [1.807, 2.05) is 42.5 Å². The number of piperazine rings is 1. The highest BCUT2D eigenvalue weighted by atomic mass is 16.5. The third kappa shape index (κ3) is 5.42. The van der Waals surface area contributed by atoms with Crippen LogP contribution in [-0.4, -0.2) is 55.0 Å². The molecule has 7 heteroatoms. The zero-order valence-electron chi connectivity index (χ0n) is 17.8. The third-order valence-corrected chi connectivity index (χ3v) is 6.14. The molecular formula is C24H30N4O3. The van der Waals surface area contributed by atoms with Gasteiger partial charge in [0.1, 0.15) is 5.75 Å². The highest BCUT2D eigenvalue weighted by molar-refractivity contribution is 5.90. The predicted molar refractivity (Wildman–Crippen MR) is 120 cm³/mol. The first-order valence-electron chi connectivity index (χ1n) is 10.9. The molecule has 2 fully saturated rings. The van der Waals surface area contributed by atoms with Crippen LogP contribution in [0.25, 0.3) is 0 Å². The van der Waals surface area contributed by atoms with Gasteiger partial charge in [-0.3, -0.25) is 14.5 Å². The first-order chi connectivity index (χ1) is 15.1. The molecule has 3 atom stereocenters. The summed E-state index contributed by atoms with van der Waals surface area (Å²) < 4.78 is 5.21. The maximum absolute atomic E-state index is 12.4. The fourth-order valence-corrected chi connectivity index (χ4v) is 4.44. The van der Waals surface area contributed by atoms with Crippen molar-refractivity contribution in [3.8, 4) is 5.75 Å². The van der Waals surface area contributed by atoms with Crippen molar-refractivity contribution >= 4 is 17.5 Å². The number of carbonyl (C=O) groups is 2. The van der Waals surface area contributed by atoms with Crippen LogP contribution in [0.15, 0.2) is 54.6 Å². The van der Waals surface area contributed by atoms with Crippen molar-refractivity contribution in [2.24, 2.45) is 0 Å². The molecule has 0 saturated carbocycles. The molecule has 2 aromatic rings. The topological polar surface area (TPSA) is 82.7 Å². The number of carbonyl (C=O) groups excluding carboxylic acids is 2. The Kier molecular flexibility index (Phi) is 6.84. The molecule has 2 aliphatic heterocycles. The zero-order chi connectivity index (χ0) is 21.6. The van der Waals surface area contributed by atoms with Gasteiger partial charge in [-0.25, -0.2) is 0 Å². The molecule has 2 amide bonds. The largest absolute Gasteiger partial charge is 0.497 e. The van der Waals surface area contributed by atoms with E-state index in [-0.39, 0.29) is 29.9 Å². The van der Waals surface area contributed by atoms with Crippen LogP contribution >= 0.6 is 0 Å². The van der Waals surface area contributed by atoms with Crippen LogP contribution in [0, 0.1) is 0 Å². The minimum atomic E-state index is -0.121. The number of methoxy groups -OCH3 is 1. The minimum absolute atomic E-state index is 0.00743. The van der Waals surface area contributed by atoms with Gasteiger partial charge in [0.2, 0.25) is 11.8 Å². The SMILES string of the molecule is COc1ccc(CN[C@@H]2C[C@@H]3C(=O)NC[C@@H](CCC(=O)Nc4ccccc4)N3C2)cc1. The first-order valence-corrected chi connectivity index (χ1v) is 10.9. The molecule has 0 radical (unpaired) electrons. The molecule has 3 N–H and O–H groups in total. The molecule has 7 nitrogen and oxygen atoms in total. The number of amides is 2. The highest BCUT2D eigenvalue weighted by Crippen LogP contribution is 2.26. The van der Waals surface area contributed by atoms with Crippen LogP contribution in [0.4, 0.5) is 5.69 Å². The monoisotopic (exact) mass is 422 g/mol. The number of para-hydroxylation sites is 1. The smallest absolute Gasteiger partial charge is 0.237 e. The Morgan fingerprint density at radius 3 is 2.68 bits per heavy atom. The van der Waals surface area contributed by atoms with Gasteiger partial charge in [-0.05, 0) is 42.7 Å². The van der Waals surface area contributed by atoms with Crippen molar-refractivity contribution in [2.45, 2.75) is 43.9 Å². The first kappa shape index (κ1) is 21.3. The molecule has 164 valence electrons. The Morgan fingerprint density at radius 2 is 1.94 bits per heavy atom. The highest BCUT2D eigenvalue weighted by Gasteiger charge is 2.43. The van der Waals surface area contributed by atoms with E-state index in [1.165, 1.54) is 5.56 Å². The Bertz CT molecular complexity index is 887. The summed E-state index contributed by atoms with van der Waals surface area (Å²) in [5.41, 5.74) is 2.00. The lowest BCUT2D eigenvalue weighted by Crippen LogP contribution is -2.57. The number of nitrogens with one attached hydrogen (secondary N) is 3. The van der Waals surface area contributed by atoms with Crippen molar-refractivity contribution in [3.63, 3.8) is 0 Å². The van der Waals surface area contributed by atoms with Crippen molar-refractivity contribution in [1.82, 2.24) is 15.5 Å². The van der Waals surface area contributed by atoms with Gasteiger partial charge in [-0.15, -0.1) is 0 Å². The molecule has 2 aromatic carbocycles. The average molecular weight is 423 g/mol. The number of ether oxygens (including phenoxy) is 1. The molecule has 0 aromatic heterocycles. The molecule has 0 unspecified atom stereocenters. The van der Waals surface area contributed by atoms with E-state index >= 15 is 0 Å². The molecule has 4 rings (SSSR count). The van der Waals surface area contributed by atoms with E-state index in [4.69, 9.17) is 4.74 Å². The number of nitrogens with zero attached hydrogens (tertiary/aromatic N) is 1. The normalized spacial score (nSPS) is 23.1.